The highest BCUT2D eigenvalue weighted by molar-refractivity contribution is 5.95. The van der Waals surface area contributed by atoms with Crippen LogP contribution in [0.1, 0.15) is 22.4 Å². The molecule has 118 valence electrons. The number of hydrogen-bond acceptors (Lipinski definition) is 2. The van der Waals surface area contributed by atoms with Crippen LogP contribution in [0.15, 0.2) is 48.7 Å². The van der Waals surface area contributed by atoms with Gasteiger partial charge in [0.2, 0.25) is 0 Å². The van der Waals surface area contributed by atoms with E-state index in [0.717, 1.165) is 39.7 Å². The molecule has 2 N–H and O–H groups in total. The Bertz CT molecular complexity index is 853. The quantitative estimate of drug-likeness (QED) is 0.694. The van der Waals surface area contributed by atoms with Crippen molar-refractivity contribution < 1.29 is 13.2 Å². The fourth-order valence-electron chi connectivity index (χ4n) is 2.59. The molecule has 0 saturated heterocycles. The van der Waals surface area contributed by atoms with Crippen molar-refractivity contribution in [3.63, 3.8) is 0 Å². The van der Waals surface area contributed by atoms with Gasteiger partial charge in [0.05, 0.1) is 11.3 Å². The molecular formula is C18H15F3N2. The lowest BCUT2D eigenvalue weighted by atomic mass is 10.00. The summed E-state index contributed by atoms with van der Waals surface area (Å²) in [6.45, 7) is 1.94. The zero-order chi connectivity index (χ0) is 16.6. The third-order valence-corrected chi connectivity index (χ3v) is 3.94. The van der Waals surface area contributed by atoms with E-state index in [1.807, 2.05) is 25.1 Å². The minimum absolute atomic E-state index is 0.456. The van der Waals surface area contributed by atoms with E-state index in [-0.39, 0.29) is 0 Å². The Morgan fingerprint density at radius 3 is 2.30 bits per heavy atom. The standard InChI is InChI=1S/C18H15F3N2/c1-11-2-7-14-15(17(11)22)8-9-23-16(14)10-12-3-5-13(6-4-12)18(19,20)21/h2-9H,10,22H2,1H3. The number of nitrogen functional groups attached to an aromatic ring is 1. The highest BCUT2D eigenvalue weighted by atomic mass is 19.4. The Balaban J connectivity index is 1.97. The second-order valence-corrected chi connectivity index (χ2v) is 5.52. The van der Waals surface area contributed by atoms with Gasteiger partial charge >= 0.3 is 6.18 Å². The summed E-state index contributed by atoms with van der Waals surface area (Å²) in [4.78, 5) is 4.37. The number of aromatic nitrogens is 1. The van der Waals surface area contributed by atoms with Gasteiger partial charge in [-0.1, -0.05) is 24.3 Å². The molecule has 0 amide bonds. The smallest absolute Gasteiger partial charge is 0.398 e. The molecule has 0 fully saturated rings. The zero-order valence-electron chi connectivity index (χ0n) is 12.5. The van der Waals surface area contributed by atoms with Crippen LogP contribution in [0, 0.1) is 6.92 Å². The van der Waals surface area contributed by atoms with Crippen LogP contribution >= 0.6 is 0 Å². The monoisotopic (exact) mass is 316 g/mol. The molecule has 2 aromatic carbocycles. The summed E-state index contributed by atoms with van der Waals surface area (Å²) < 4.78 is 37.8. The van der Waals surface area contributed by atoms with E-state index in [1.165, 1.54) is 12.1 Å². The minimum atomic E-state index is -4.32. The van der Waals surface area contributed by atoms with Crippen LogP contribution in [-0.2, 0) is 12.6 Å². The van der Waals surface area contributed by atoms with Gasteiger partial charge in [-0.3, -0.25) is 4.98 Å². The van der Waals surface area contributed by atoms with Crippen molar-refractivity contribution in [2.24, 2.45) is 0 Å². The molecule has 0 aliphatic carbocycles. The van der Waals surface area contributed by atoms with E-state index in [9.17, 15) is 13.2 Å². The normalized spacial score (nSPS) is 11.8. The van der Waals surface area contributed by atoms with Crippen molar-refractivity contribution in [3.8, 4) is 0 Å². The molecule has 5 heteroatoms. The van der Waals surface area contributed by atoms with Crippen LogP contribution in [0.4, 0.5) is 18.9 Å². The van der Waals surface area contributed by atoms with Gasteiger partial charge in [-0.05, 0) is 36.2 Å². The number of nitrogens with two attached hydrogens (primary N) is 1. The number of pyridine rings is 1. The average Bonchev–Trinajstić information content (AvgIpc) is 2.51. The van der Waals surface area contributed by atoms with Crippen molar-refractivity contribution in [1.29, 1.82) is 0 Å². The van der Waals surface area contributed by atoms with Gasteiger partial charge in [0.1, 0.15) is 0 Å². The van der Waals surface area contributed by atoms with E-state index in [1.54, 1.807) is 6.20 Å². The van der Waals surface area contributed by atoms with Crippen LogP contribution in [0.2, 0.25) is 0 Å². The first-order valence-electron chi connectivity index (χ1n) is 7.15. The Morgan fingerprint density at radius 1 is 0.957 bits per heavy atom. The molecule has 1 heterocycles. The molecule has 2 nitrogen and oxygen atoms in total. The molecule has 0 radical (unpaired) electrons. The first-order valence-corrected chi connectivity index (χ1v) is 7.15. The van der Waals surface area contributed by atoms with Gasteiger partial charge in [0.15, 0.2) is 0 Å². The number of hydrogen-bond donors (Lipinski definition) is 1. The van der Waals surface area contributed by atoms with Crippen LogP contribution < -0.4 is 5.73 Å². The largest absolute Gasteiger partial charge is 0.416 e. The number of fused-ring (bicyclic) bond motifs is 1. The predicted molar refractivity (Wildman–Crippen MR) is 85.1 cm³/mol. The molecule has 3 aromatic rings. The Kier molecular flexibility index (Phi) is 3.72. The zero-order valence-corrected chi connectivity index (χ0v) is 12.5. The van der Waals surface area contributed by atoms with Gasteiger partial charge in [-0.15, -0.1) is 0 Å². The SMILES string of the molecule is Cc1ccc2c(Cc3ccc(C(F)(F)F)cc3)nccc2c1N. The number of alkyl halides is 3. The van der Waals surface area contributed by atoms with E-state index in [0.29, 0.717) is 12.1 Å². The molecule has 0 aliphatic heterocycles. The number of aryl methyl sites for hydroxylation is 1. The maximum atomic E-state index is 12.6. The number of rotatable bonds is 2. The highest BCUT2D eigenvalue weighted by Gasteiger charge is 2.29. The fourth-order valence-corrected chi connectivity index (χ4v) is 2.59. The molecule has 3 rings (SSSR count). The van der Waals surface area contributed by atoms with Crippen molar-refractivity contribution in [2.45, 2.75) is 19.5 Å². The predicted octanol–water partition coefficient (Wildman–Crippen LogP) is 4.74. The summed E-state index contributed by atoms with van der Waals surface area (Å²) >= 11 is 0. The minimum Gasteiger partial charge on any atom is -0.398 e. The Hall–Kier alpha value is -2.56. The Labute approximate surface area is 131 Å². The second-order valence-electron chi connectivity index (χ2n) is 5.52. The third kappa shape index (κ3) is 2.99. The van der Waals surface area contributed by atoms with E-state index in [4.69, 9.17) is 5.73 Å². The first kappa shape index (κ1) is 15.3. The summed E-state index contributed by atoms with van der Waals surface area (Å²) in [5, 5.41) is 1.84. The fraction of sp³-hybridized carbons (Fsp3) is 0.167. The summed E-state index contributed by atoms with van der Waals surface area (Å²) in [6.07, 6.45) is -2.18. The lowest BCUT2D eigenvalue weighted by Gasteiger charge is -2.10. The lowest BCUT2D eigenvalue weighted by molar-refractivity contribution is -0.137. The third-order valence-electron chi connectivity index (χ3n) is 3.94. The molecule has 0 aliphatic rings. The molecular weight excluding hydrogens is 301 g/mol. The van der Waals surface area contributed by atoms with Crippen molar-refractivity contribution >= 4 is 16.5 Å². The van der Waals surface area contributed by atoms with Crippen LogP contribution in [0.5, 0.6) is 0 Å². The molecule has 1 aromatic heterocycles. The van der Waals surface area contributed by atoms with Crippen molar-refractivity contribution in [2.75, 3.05) is 5.73 Å². The number of anilines is 1. The molecule has 0 bridgehead atoms. The van der Waals surface area contributed by atoms with E-state index in [2.05, 4.69) is 4.98 Å². The second kappa shape index (κ2) is 5.57. The van der Waals surface area contributed by atoms with Gasteiger partial charge in [0.25, 0.3) is 0 Å². The first-order chi connectivity index (χ1) is 10.9. The van der Waals surface area contributed by atoms with Crippen molar-refractivity contribution in [1.82, 2.24) is 4.98 Å². The topological polar surface area (TPSA) is 38.9 Å². The van der Waals surface area contributed by atoms with Gasteiger partial charge in [-0.2, -0.15) is 13.2 Å². The highest BCUT2D eigenvalue weighted by Crippen LogP contribution is 2.30. The average molecular weight is 316 g/mol. The van der Waals surface area contributed by atoms with Gasteiger partial charge < -0.3 is 5.73 Å². The van der Waals surface area contributed by atoms with E-state index < -0.39 is 11.7 Å². The summed E-state index contributed by atoms with van der Waals surface area (Å²) in [6, 6.07) is 10.9. The van der Waals surface area contributed by atoms with Crippen LogP contribution in [-0.4, -0.2) is 4.98 Å². The molecule has 0 spiro atoms. The molecule has 0 atom stereocenters. The lowest BCUT2D eigenvalue weighted by Crippen LogP contribution is -2.04. The van der Waals surface area contributed by atoms with Crippen LogP contribution in [0.3, 0.4) is 0 Å². The molecule has 0 unspecified atom stereocenters. The summed E-state index contributed by atoms with van der Waals surface area (Å²) in [5.41, 5.74) is 8.72. The van der Waals surface area contributed by atoms with Crippen LogP contribution in [0.25, 0.3) is 10.8 Å². The summed E-state index contributed by atoms with van der Waals surface area (Å²) in [5.74, 6) is 0. The van der Waals surface area contributed by atoms with Crippen molar-refractivity contribution in [3.05, 3.63) is 71.0 Å². The molecule has 0 saturated carbocycles. The number of nitrogens with zero attached hydrogens (tertiary/aromatic N) is 1. The maximum Gasteiger partial charge on any atom is 0.416 e. The summed E-state index contributed by atoms with van der Waals surface area (Å²) in [7, 11) is 0. The van der Waals surface area contributed by atoms with Gasteiger partial charge in [-0.25, -0.2) is 0 Å². The maximum absolute atomic E-state index is 12.6. The number of halogens is 3. The van der Waals surface area contributed by atoms with E-state index >= 15 is 0 Å². The number of benzene rings is 2. The molecule has 23 heavy (non-hydrogen) atoms. The Morgan fingerprint density at radius 2 is 1.65 bits per heavy atom. The van der Waals surface area contributed by atoms with Gasteiger partial charge in [0, 0.05) is 29.1 Å².